The van der Waals surface area contributed by atoms with Gasteiger partial charge in [0.05, 0.1) is 12.0 Å². The van der Waals surface area contributed by atoms with Gasteiger partial charge < -0.3 is 25.2 Å². The molecular formula is C30H36O6. The van der Waals surface area contributed by atoms with Gasteiger partial charge in [0.2, 0.25) is 0 Å². The van der Waals surface area contributed by atoms with Gasteiger partial charge in [-0.15, -0.1) is 0 Å². The minimum absolute atomic E-state index is 0.0349. The molecule has 0 fully saturated rings. The molecule has 6 heteroatoms. The van der Waals surface area contributed by atoms with Crippen LogP contribution in [0.3, 0.4) is 0 Å². The predicted octanol–water partition coefficient (Wildman–Crippen LogP) is 6.90. The largest absolute Gasteiger partial charge is 0.508 e. The van der Waals surface area contributed by atoms with Crippen molar-refractivity contribution in [3.05, 3.63) is 69.3 Å². The van der Waals surface area contributed by atoms with Crippen molar-refractivity contribution in [3.63, 3.8) is 0 Å². The fraction of sp³-hybridized carbons (Fsp3) is 0.367. The van der Waals surface area contributed by atoms with Gasteiger partial charge in [0.25, 0.3) is 0 Å². The highest BCUT2D eigenvalue weighted by atomic mass is 16.5. The summed E-state index contributed by atoms with van der Waals surface area (Å²) in [4.78, 5) is 13.4. The van der Waals surface area contributed by atoms with Crippen LogP contribution in [0.5, 0.6) is 28.7 Å². The summed E-state index contributed by atoms with van der Waals surface area (Å²) in [5.74, 6) is -0.702. The van der Waals surface area contributed by atoms with E-state index in [-0.39, 0.29) is 58.0 Å². The summed E-state index contributed by atoms with van der Waals surface area (Å²) in [7, 11) is 0. The van der Waals surface area contributed by atoms with E-state index < -0.39 is 6.10 Å². The van der Waals surface area contributed by atoms with Crippen molar-refractivity contribution in [3.8, 4) is 28.7 Å². The number of ketones is 1. The highest BCUT2D eigenvalue weighted by Crippen LogP contribution is 2.50. The Bertz CT molecular complexity index is 1260. The van der Waals surface area contributed by atoms with Gasteiger partial charge in [-0.25, -0.2) is 0 Å². The van der Waals surface area contributed by atoms with E-state index in [1.54, 1.807) is 6.08 Å². The second kappa shape index (κ2) is 10.9. The molecule has 0 radical (unpaired) electrons. The molecule has 0 saturated carbocycles. The molecule has 0 saturated heterocycles. The predicted molar refractivity (Wildman–Crippen MR) is 142 cm³/mol. The third-order valence-electron chi connectivity index (χ3n) is 6.16. The van der Waals surface area contributed by atoms with Crippen molar-refractivity contribution in [1.29, 1.82) is 0 Å². The third kappa shape index (κ3) is 5.59. The van der Waals surface area contributed by atoms with Gasteiger partial charge in [-0.1, -0.05) is 49.3 Å². The highest BCUT2D eigenvalue weighted by molar-refractivity contribution is 6.04. The van der Waals surface area contributed by atoms with Gasteiger partial charge in [0.1, 0.15) is 40.4 Å². The summed E-state index contributed by atoms with van der Waals surface area (Å²) < 4.78 is 6.24. The van der Waals surface area contributed by atoms with Crippen LogP contribution in [0.2, 0.25) is 0 Å². The smallest absolute Gasteiger partial charge is 0.174 e. The standard InChI is InChI=1S/C30H36O6/c1-16(2)7-10-19-23(31)14-13-20(27(19)33)25-15-24(32)26-29(35)21(11-8-17(3)4)28(34)22(30(26)36-25)12-9-18(5)6/h7-9,11,13-14,17,25,31,33-35H,10,12,15H2,1-6H3/b11-8+. The third-order valence-corrected chi connectivity index (χ3v) is 6.16. The SMILES string of the molecule is CC(C)=CCc1c(O)ccc(C2CC(=O)c3c(O)c(/C=C/C(C)C)c(O)c(CC=C(C)C)c3O2)c1O. The Labute approximate surface area is 212 Å². The first-order chi connectivity index (χ1) is 16.9. The number of Topliss-reactive ketones (excluding diaryl/α,β-unsaturated/α-hetero) is 1. The molecule has 2 aromatic carbocycles. The topological polar surface area (TPSA) is 107 Å². The number of carbonyl (C=O) groups is 1. The fourth-order valence-electron chi connectivity index (χ4n) is 4.15. The summed E-state index contributed by atoms with van der Waals surface area (Å²) >= 11 is 0. The van der Waals surface area contributed by atoms with Crippen molar-refractivity contribution < 1.29 is 30.0 Å². The van der Waals surface area contributed by atoms with Crippen molar-refractivity contribution in [2.45, 2.75) is 66.9 Å². The molecule has 6 nitrogen and oxygen atoms in total. The molecule has 2 aromatic rings. The number of rotatable bonds is 7. The number of carbonyl (C=O) groups excluding carboxylic acids is 1. The number of fused-ring (bicyclic) bond motifs is 1. The number of allylic oxidation sites excluding steroid dienone is 5. The summed E-state index contributed by atoms with van der Waals surface area (Å²) in [6, 6.07) is 3.01. The molecule has 1 aliphatic heterocycles. The monoisotopic (exact) mass is 492 g/mol. The number of ether oxygens (including phenoxy) is 1. The Morgan fingerprint density at radius 2 is 1.56 bits per heavy atom. The van der Waals surface area contributed by atoms with Crippen molar-refractivity contribution >= 4 is 11.9 Å². The van der Waals surface area contributed by atoms with E-state index >= 15 is 0 Å². The molecular weight excluding hydrogens is 456 g/mol. The molecule has 4 N–H and O–H groups in total. The first-order valence-electron chi connectivity index (χ1n) is 12.2. The van der Waals surface area contributed by atoms with E-state index in [1.807, 2.05) is 59.8 Å². The summed E-state index contributed by atoms with van der Waals surface area (Å²) in [5, 5.41) is 43.4. The minimum atomic E-state index is -0.850. The summed E-state index contributed by atoms with van der Waals surface area (Å²) in [6.45, 7) is 11.7. The van der Waals surface area contributed by atoms with Crippen LogP contribution < -0.4 is 4.74 Å². The molecule has 0 aromatic heterocycles. The van der Waals surface area contributed by atoms with Crippen LogP contribution >= 0.6 is 0 Å². The molecule has 1 atom stereocenters. The maximum absolute atomic E-state index is 13.4. The minimum Gasteiger partial charge on any atom is -0.508 e. The zero-order valence-corrected chi connectivity index (χ0v) is 21.8. The Hall–Kier alpha value is -3.67. The number of aromatic hydroxyl groups is 4. The number of phenolic OH excluding ortho intramolecular Hbond substituents is 4. The van der Waals surface area contributed by atoms with E-state index in [1.165, 1.54) is 12.1 Å². The molecule has 1 aliphatic rings. The van der Waals surface area contributed by atoms with Gasteiger partial charge in [-0.2, -0.15) is 0 Å². The summed E-state index contributed by atoms with van der Waals surface area (Å²) in [6.07, 6.45) is 6.93. The molecule has 1 unspecified atom stereocenters. The molecule has 1 heterocycles. The Kier molecular flexibility index (Phi) is 8.18. The average molecular weight is 493 g/mol. The molecule has 0 spiro atoms. The lowest BCUT2D eigenvalue weighted by atomic mass is 9.88. The number of hydrogen-bond donors (Lipinski definition) is 4. The number of phenols is 4. The van der Waals surface area contributed by atoms with Crippen LogP contribution in [0.15, 0.2) is 41.5 Å². The van der Waals surface area contributed by atoms with Crippen LogP contribution in [0, 0.1) is 5.92 Å². The first-order valence-corrected chi connectivity index (χ1v) is 12.2. The zero-order chi connectivity index (χ0) is 26.7. The van der Waals surface area contributed by atoms with Crippen molar-refractivity contribution in [2.75, 3.05) is 0 Å². The van der Waals surface area contributed by atoms with Gasteiger partial charge in [-0.3, -0.25) is 4.79 Å². The normalized spacial score (nSPS) is 15.1. The van der Waals surface area contributed by atoms with E-state index in [0.717, 1.165) is 11.1 Å². The Morgan fingerprint density at radius 1 is 0.944 bits per heavy atom. The van der Waals surface area contributed by atoms with E-state index in [0.29, 0.717) is 29.5 Å². The lowest BCUT2D eigenvalue weighted by Gasteiger charge is -2.30. The molecule has 3 rings (SSSR count). The van der Waals surface area contributed by atoms with Crippen LogP contribution in [0.4, 0.5) is 0 Å². The maximum atomic E-state index is 13.4. The first kappa shape index (κ1) is 26.9. The summed E-state index contributed by atoms with van der Waals surface area (Å²) in [5.41, 5.74) is 3.39. The molecule has 192 valence electrons. The molecule has 0 bridgehead atoms. The van der Waals surface area contributed by atoms with Gasteiger partial charge in [0, 0.05) is 16.7 Å². The van der Waals surface area contributed by atoms with Crippen LogP contribution in [-0.4, -0.2) is 26.2 Å². The van der Waals surface area contributed by atoms with E-state index in [9.17, 15) is 25.2 Å². The van der Waals surface area contributed by atoms with Crippen molar-refractivity contribution in [2.24, 2.45) is 5.92 Å². The van der Waals surface area contributed by atoms with Crippen LogP contribution in [0.25, 0.3) is 6.08 Å². The van der Waals surface area contributed by atoms with Gasteiger partial charge >= 0.3 is 0 Å². The zero-order valence-electron chi connectivity index (χ0n) is 21.8. The molecule has 0 amide bonds. The number of benzene rings is 2. The molecule has 0 aliphatic carbocycles. The second-order valence-corrected chi connectivity index (χ2v) is 10.1. The van der Waals surface area contributed by atoms with Gasteiger partial charge in [0.15, 0.2) is 5.78 Å². The van der Waals surface area contributed by atoms with E-state index in [4.69, 9.17) is 4.74 Å². The van der Waals surface area contributed by atoms with Crippen molar-refractivity contribution in [1.82, 2.24) is 0 Å². The number of hydrogen-bond acceptors (Lipinski definition) is 6. The average Bonchev–Trinajstić information content (AvgIpc) is 2.77. The maximum Gasteiger partial charge on any atom is 0.174 e. The Balaban J connectivity index is 2.17. The lowest BCUT2D eigenvalue weighted by molar-refractivity contribution is 0.0839. The lowest BCUT2D eigenvalue weighted by Crippen LogP contribution is -2.22. The quantitative estimate of drug-likeness (QED) is 0.313. The van der Waals surface area contributed by atoms with Crippen LogP contribution in [0.1, 0.15) is 86.7 Å². The second-order valence-electron chi connectivity index (χ2n) is 10.1. The Morgan fingerprint density at radius 3 is 2.14 bits per heavy atom. The van der Waals surface area contributed by atoms with Crippen LogP contribution in [-0.2, 0) is 12.8 Å². The van der Waals surface area contributed by atoms with E-state index in [2.05, 4.69) is 0 Å². The fourth-order valence-corrected chi connectivity index (χ4v) is 4.15. The molecule has 36 heavy (non-hydrogen) atoms. The highest BCUT2D eigenvalue weighted by Gasteiger charge is 2.36. The van der Waals surface area contributed by atoms with Gasteiger partial charge in [-0.05, 0) is 58.6 Å².